The zero-order valence-corrected chi connectivity index (χ0v) is 14.7. The van der Waals surface area contributed by atoms with E-state index in [2.05, 4.69) is 83.9 Å². The van der Waals surface area contributed by atoms with Gasteiger partial charge in [0.1, 0.15) is 0 Å². The van der Waals surface area contributed by atoms with Crippen molar-refractivity contribution in [1.82, 2.24) is 4.90 Å². The van der Waals surface area contributed by atoms with Gasteiger partial charge in [0.2, 0.25) is 0 Å². The van der Waals surface area contributed by atoms with Crippen LogP contribution in [0.25, 0.3) is 6.08 Å². The van der Waals surface area contributed by atoms with Gasteiger partial charge >= 0.3 is 0 Å². The summed E-state index contributed by atoms with van der Waals surface area (Å²) in [6.45, 7) is 0.0851. The van der Waals surface area contributed by atoms with Crippen LogP contribution in [0.3, 0.4) is 0 Å². The minimum atomic E-state index is -0.0606. The highest BCUT2D eigenvalue weighted by atomic mass is 16.3. The van der Waals surface area contributed by atoms with Gasteiger partial charge in [-0.15, -0.1) is 0 Å². The molecule has 1 N–H and O–H groups in total. The Morgan fingerprint density at radius 2 is 1.46 bits per heavy atom. The number of hydrogen-bond donors (Lipinski definition) is 1. The van der Waals surface area contributed by atoms with E-state index in [1.54, 1.807) is 0 Å². The molecule has 1 aliphatic rings. The second-order valence-electron chi connectivity index (χ2n) is 6.71. The minimum absolute atomic E-state index is 0.0606. The van der Waals surface area contributed by atoms with Crippen molar-refractivity contribution in [3.63, 3.8) is 0 Å². The third-order valence-electron chi connectivity index (χ3n) is 5.13. The Hall–Kier alpha value is -2.84. The van der Waals surface area contributed by atoms with Crippen molar-refractivity contribution in [2.75, 3.05) is 6.61 Å². The Morgan fingerprint density at radius 3 is 2.19 bits per heavy atom. The van der Waals surface area contributed by atoms with Gasteiger partial charge in [0.05, 0.1) is 18.7 Å². The van der Waals surface area contributed by atoms with Crippen LogP contribution in [0, 0.1) is 0 Å². The number of benzene rings is 3. The molecule has 0 amide bonds. The number of hydrogen-bond acceptors (Lipinski definition) is 2. The molecule has 4 rings (SSSR count). The van der Waals surface area contributed by atoms with Crippen LogP contribution in [0.5, 0.6) is 0 Å². The first-order valence-electron chi connectivity index (χ1n) is 9.11. The molecule has 0 saturated carbocycles. The summed E-state index contributed by atoms with van der Waals surface area (Å²) >= 11 is 0. The zero-order valence-electron chi connectivity index (χ0n) is 14.7. The van der Waals surface area contributed by atoms with Crippen LogP contribution >= 0.6 is 0 Å². The van der Waals surface area contributed by atoms with Crippen LogP contribution in [0.4, 0.5) is 0 Å². The molecule has 3 aromatic rings. The molecule has 2 nitrogen and oxygen atoms in total. The average Bonchev–Trinajstić information content (AvgIpc) is 2.71. The van der Waals surface area contributed by atoms with Crippen molar-refractivity contribution >= 4 is 6.08 Å². The predicted molar refractivity (Wildman–Crippen MR) is 106 cm³/mol. The van der Waals surface area contributed by atoms with Crippen LogP contribution in [0.2, 0.25) is 0 Å². The quantitative estimate of drug-likeness (QED) is 0.707. The van der Waals surface area contributed by atoms with Gasteiger partial charge in [-0.2, -0.15) is 0 Å². The van der Waals surface area contributed by atoms with Gasteiger partial charge in [0.25, 0.3) is 0 Å². The minimum Gasteiger partial charge on any atom is -0.394 e. The summed E-state index contributed by atoms with van der Waals surface area (Å²) in [4.78, 5) is 2.31. The molecule has 0 saturated heterocycles. The largest absolute Gasteiger partial charge is 0.394 e. The molecule has 0 aromatic heterocycles. The third kappa shape index (κ3) is 3.29. The zero-order chi connectivity index (χ0) is 17.8. The van der Waals surface area contributed by atoms with E-state index in [0.29, 0.717) is 0 Å². The van der Waals surface area contributed by atoms with Gasteiger partial charge in [-0.25, -0.2) is 0 Å². The number of aliphatic hydroxyl groups is 1. The fraction of sp³-hybridized carbons (Fsp3) is 0.167. The first-order chi connectivity index (χ1) is 12.9. The van der Waals surface area contributed by atoms with Crippen molar-refractivity contribution in [3.05, 3.63) is 113 Å². The summed E-state index contributed by atoms with van der Waals surface area (Å²) in [6, 6.07) is 29.5. The van der Waals surface area contributed by atoms with Gasteiger partial charge < -0.3 is 10.0 Å². The van der Waals surface area contributed by atoms with Crippen molar-refractivity contribution in [2.24, 2.45) is 0 Å². The highest BCUT2D eigenvalue weighted by molar-refractivity contribution is 5.57. The first kappa shape index (κ1) is 16.6. The number of nitrogens with zero attached hydrogens (tertiary/aromatic N) is 1. The molecule has 26 heavy (non-hydrogen) atoms. The fourth-order valence-corrected chi connectivity index (χ4v) is 3.82. The average molecular weight is 341 g/mol. The van der Waals surface area contributed by atoms with Crippen LogP contribution in [0.15, 0.2) is 91.1 Å². The molecule has 0 unspecified atom stereocenters. The lowest BCUT2D eigenvalue weighted by Crippen LogP contribution is -2.33. The number of rotatable bonds is 5. The van der Waals surface area contributed by atoms with Crippen LogP contribution in [0.1, 0.15) is 34.3 Å². The Kier molecular flexibility index (Phi) is 4.85. The van der Waals surface area contributed by atoms with Crippen LogP contribution in [-0.4, -0.2) is 16.6 Å². The summed E-state index contributed by atoms with van der Waals surface area (Å²) in [5, 5.41) is 10.2. The van der Waals surface area contributed by atoms with E-state index >= 15 is 0 Å². The van der Waals surface area contributed by atoms with E-state index < -0.39 is 0 Å². The van der Waals surface area contributed by atoms with E-state index in [0.717, 1.165) is 12.0 Å². The lowest BCUT2D eigenvalue weighted by molar-refractivity contribution is 0.127. The highest BCUT2D eigenvalue weighted by Crippen LogP contribution is 2.38. The molecule has 0 fully saturated rings. The van der Waals surface area contributed by atoms with E-state index in [4.69, 9.17) is 0 Å². The van der Waals surface area contributed by atoms with E-state index in [9.17, 15) is 5.11 Å². The molecule has 2 heteroatoms. The van der Waals surface area contributed by atoms with Gasteiger partial charge in [-0.05, 0) is 34.8 Å². The van der Waals surface area contributed by atoms with E-state index in [-0.39, 0.29) is 18.7 Å². The second kappa shape index (κ2) is 7.59. The molecule has 0 aliphatic carbocycles. The monoisotopic (exact) mass is 341 g/mol. The lowest BCUT2D eigenvalue weighted by Gasteiger charge is -2.40. The van der Waals surface area contributed by atoms with E-state index in [1.165, 1.54) is 16.7 Å². The van der Waals surface area contributed by atoms with Gasteiger partial charge in [0, 0.05) is 6.20 Å². The molecular weight excluding hydrogens is 318 g/mol. The molecule has 130 valence electrons. The molecule has 0 spiro atoms. The third-order valence-corrected chi connectivity index (χ3v) is 5.13. The Bertz CT molecular complexity index is 873. The maximum atomic E-state index is 10.2. The standard InChI is InChI=1S/C24H23NO/c26-18-24(21-12-5-2-6-13-21)25-16-15-20-11-7-8-14-22(20)23(25)17-19-9-3-1-4-10-19/h1-16,23-24,26H,17-18H2/t23-,24-/m0/s1. The first-order valence-corrected chi connectivity index (χ1v) is 9.11. The number of aliphatic hydroxyl groups excluding tert-OH is 1. The summed E-state index contributed by atoms with van der Waals surface area (Å²) in [5.74, 6) is 0. The molecule has 0 bridgehead atoms. The van der Waals surface area contributed by atoms with Crippen molar-refractivity contribution < 1.29 is 5.11 Å². The normalized spacial score (nSPS) is 17.0. The van der Waals surface area contributed by atoms with Gasteiger partial charge in [-0.1, -0.05) is 84.9 Å². The van der Waals surface area contributed by atoms with Gasteiger partial charge in [0.15, 0.2) is 0 Å². The van der Waals surface area contributed by atoms with Crippen LogP contribution < -0.4 is 0 Å². The van der Waals surface area contributed by atoms with Crippen LogP contribution in [-0.2, 0) is 6.42 Å². The topological polar surface area (TPSA) is 23.5 Å². The molecule has 1 heterocycles. The predicted octanol–water partition coefficient (Wildman–Crippen LogP) is 4.99. The summed E-state index contributed by atoms with van der Waals surface area (Å²) in [7, 11) is 0. The maximum Gasteiger partial charge on any atom is 0.0774 e. The Balaban J connectivity index is 1.74. The second-order valence-corrected chi connectivity index (χ2v) is 6.71. The molecule has 0 radical (unpaired) electrons. The SMILES string of the molecule is OC[C@@H](c1ccccc1)N1C=Cc2ccccc2[C@@H]1Cc1ccccc1. The Morgan fingerprint density at radius 1 is 0.808 bits per heavy atom. The number of fused-ring (bicyclic) bond motifs is 1. The Labute approximate surface area is 155 Å². The summed E-state index contributed by atoms with van der Waals surface area (Å²) in [6.07, 6.45) is 5.21. The van der Waals surface area contributed by atoms with Gasteiger partial charge in [-0.3, -0.25) is 0 Å². The summed E-state index contributed by atoms with van der Waals surface area (Å²) < 4.78 is 0. The summed E-state index contributed by atoms with van der Waals surface area (Å²) in [5.41, 5.74) is 5.01. The fourth-order valence-electron chi connectivity index (χ4n) is 3.82. The highest BCUT2D eigenvalue weighted by Gasteiger charge is 2.29. The van der Waals surface area contributed by atoms with Crippen molar-refractivity contribution in [1.29, 1.82) is 0 Å². The molecular formula is C24H23NO. The lowest BCUT2D eigenvalue weighted by atomic mass is 9.89. The van der Waals surface area contributed by atoms with E-state index in [1.807, 2.05) is 18.2 Å². The maximum absolute atomic E-state index is 10.2. The van der Waals surface area contributed by atoms with Crippen molar-refractivity contribution in [3.8, 4) is 0 Å². The molecule has 1 aliphatic heterocycles. The molecule has 3 aromatic carbocycles. The molecule has 2 atom stereocenters. The smallest absolute Gasteiger partial charge is 0.0774 e. The van der Waals surface area contributed by atoms with Crippen molar-refractivity contribution in [2.45, 2.75) is 18.5 Å².